The number of alkyl halides is 3. The van der Waals surface area contributed by atoms with Crippen LogP contribution >= 0.6 is 0 Å². The van der Waals surface area contributed by atoms with E-state index in [1.54, 1.807) is 0 Å². The second kappa shape index (κ2) is 3.13. The maximum Gasteiger partial charge on any atom is 0.420 e. The average Bonchev–Trinajstić information content (AvgIpc) is 1.81. The SMILES string of the molecule is C=COCC(C)(O)C(F)(F)F. The van der Waals surface area contributed by atoms with Gasteiger partial charge in [0.25, 0.3) is 0 Å². The van der Waals surface area contributed by atoms with Crippen LogP contribution < -0.4 is 0 Å². The molecule has 0 aliphatic rings. The van der Waals surface area contributed by atoms with Crippen molar-refractivity contribution in [2.45, 2.75) is 18.7 Å². The third-order valence-corrected chi connectivity index (χ3v) is 1.09. The molecule has 66 valence electrons. The molecule has 0 radical (unpaired) electrons. The molecule has 2 nitrogen and oxygen atoms in total. The Hall–Kier alpha value is -0.710. The molecule has 0 aromatic heterocycles. The molecule has 0 aromatic carbocycles. The lowest BCUT2D eigenvalue weighted by Gasteiger charge is -2.24. The topological polar surface area (TPSA) is 29.5 Å². The molecule has 1 N–H and O–H groups in total. The number of hydrogen-bond donors (Lipinski definition) is 1. The Morgan fingerprint density at radius 1 is 1.55 bits per heavy atom. The van der Waals surface area contributed by atoms with Gasteiger partial charge >= 0.3 is 6.18 Å². The lowest BCUT2D eigenvalue weighted by atomic mass is 10.1. The lowest BCUT2D eigenvalue weighted by Crippen LogP contribution is -2.45. The third-order valence-electron chi connectivity index (χ3n) is 1.09. The van der Waals surface area contributed by atoms with Crippen molar-refractivity contribution in [1.29, 1.82) is 0 Å². The molecule has 0 amide bonds. The van der Waals surface area contributed by atoms with Crippen molar-refractivity contribution in [3.05, 3.63) is 12.8 Å². The fourth-order valence-corrected chi connectivity index (χ4v) is 0.303. The molecule has 0 saturated heterocycles. The highest BCUT2D eigenvalue weighted by atomic mass is 19.4. The molecule has 0 fully saturated rings. The zero-order valence-electron chi connectivity index (χ0n) is 5.98. The van der Waals surface area contributed by atoms with Gasteiger partial charge in [-0.3, -0.25) is 0 Å². The first-order chi connectivity index (χ1) is 4.81. The minimum absolute atomic E-state index is 0.635. The van der Waals surface area contributed by atoms with Gasteiger partial charge in [0.05, 0.1) is 6.26 Å². The summed E-state index contributed by atoms with van der Waals surface area (Å²) >= 11 is 0. The van der Waals surface area contributed by atoms with Crippen molar-refractivity contribution < 1.29 is 23.0 Å². The Labute approximate surface area is 62.3 Å². The lowest BCUT2D eigenvalue weighted by molar-refractivity contribution is -0.263. The molecule has 0 rings (SSSR count). The highest BCUT2D eigenvalue weighted by Gasteiger charge is 2.50. The summed E-state index contributed by atoms with van der Waals surface area (Å²) in [5.41, 5.74) is -2.80. The minimum atomic E-state index is -4.67. The number of hydrogen-bond acceptors (Lipinski definition) is 2. The van der Waals surface area contributed by atoms with E-state index in [2.05, 4.69) is 11.3 Å². The largest absolute Gasteiger partial charge is 0.498 e. The summed E-state index contributed by atoms with van der Waals surface area (Å²) in [6.45, 7) is 2.85. The zero-order chi connectivity index (χ0) is 9.12. The highest BCUT2D eigenvalue weighted by molar-refractivity contribution is 4.81. The first-order valence-electron chi connectivity index (χ1n) is 2.83. The summed E-state index contributed by atoms with van der Waals surface area (Å²) in [5, 5.41) is 8.68. The van der Waals surface area contributed by atoms with Crippen LogP contribution in [-0.4, -0.2) is 23.5 Å². The Kier molecular flexibility index (Phi) is 2.92. The van der Waals surface area contributed by atoms with Crippen LogP contribution in [0, 0.1) is 0 Å². The van der Waals surface area contributed by atoms with Crippen LogP contribution in [0.25, 0.3) is 0 Å². The van der Waals surface area contributed by atoms with E-state index in [4.69, 9.17) is 5.11 Å². The molecule has 0 bridgehead atoms. The predicted molar refractivity (Wildman–Crippen MR) is 32.8 cm³/mol. The van der Waals surface area contributed by atoms with Crippen molar-refractivity contribution in [2.75, 3.05) is 6.61 Å². The van der Waals surface area contributed by atoms with Gasteiger partial charge in [-0.1, -0.05) is 6.58 Å². The van der Waals surface area contributed by atoms with E-state index in [1.165, 1.54) is 0 Å². The first-order valence-corrected chi connectivity index (χ1v) is 2.83. The summed E-state index contributed by atoms with van der Waals surface area (Å²) in [6.07, 6.45) is -3.82. The normalized spacial score (nSPS) is 17.2. The summed E-state index contributed by atoms with van der Waals surface area (Å²) in [7, 11) is 0. The average molecular weight is 170 g/mol. The second-order valence-corrected chi connectivity index (χ2v) is 2.25. The van der Waals surface area contributed by atoms with Gasteiger partial charge in [-0.2, -0.15) is 13.2 Å². The summed E-state index contributed by atoms with van der Waals surface area (Å²) < 4.78 is 39.6. The van der Waals surface area contributed by atoms with Crippen molar-refractivity contribution in [3.63, 3.8) is 0 Å². The Bertz CT molecular complexity index is 139. The summed E-state index contributed by atoms with van der Waals surface area (Å²) in [6, 6.07) is 0. The molecule has 0 spiro atoms. The fourth-order valence-electron chi connectivity index (χ4n) is 0.303. The van der Waals surface area contributed by atoms with Gasteiger partial charge < -0.3 is 9.84 Å². The van der Waals surface area contributed by atoms with Crippen LogP contribution in [0.3, 0.4) is 0 Å². The van der Waals surface area contributed by atoms with Gasteiger partial charge in [0.1, 0.15) is 6.61 Å². The van der Waals surface area contributed by atoms with Gasteiger partial charge in [-0.15, -0.1) is 0 Å². The Morgan fingerprint density at radius 2 is 2.00 bits per heavy atom. The maximum absolute atomic E-state index is 11.8. The predicted octanol–water partition coefficient (Wildman–Crippen LogP) is 1.46. The van der Waals surface area contributed by atoms with Crippen molar-refractivity contribution in [2.24, 2.45) is 0 Å². The number of halogens is 3. The van der Waals surface area contributed by atoms with Gasteiger partial charge in [-0.05, 0) is 6.92 Å². The van der Waals surface area contributed by atoms with E-state index in [9.17, 15) is 13.2 Å². The molecule has 1 unspecified atom stereocenters. The van der Waals surface area contributed by atoms with Crippen molar-refractivity contribution in [1.82, 2.24) is 0 Å². The monoisotopic (exact) mass is 170 g/mol. The first kappa shape index (κ1) is 10.3. The second-order valence-electron chi connectivity index (χ2n) is 2.25. The molecule has 0 aromatic rings. The van der Waals surface area contributed by atoms with Crippen LogP contribution in [0.1, 0.15) is 6.92 Å². The van der Waals surface area contributed by atoms with E-state index in [-0.39, 0.29) is 0 Å². The van der Waals surface area contributed by atoms with Gasteiger partial charge in [0.2, 0.25) is 0 Å². The third kappa shape index (κ3) is 2.80. The van der Waals surface area contributed by atoms with Crippen molar-refractivity contribution in [3.8, 4) is 0 Å². The van der Waals surface area contributed by atoms with Gasteiger partial charge in [0.15, 0.2) is 5.60 Å². The number of aliphatic hydroxyl groups is 1. The van der Waals surface area contributed by atoms with Crippen molar-refractivity contribution >= 4 is 0 Å². The molecular formula is C6H9F3O2. The fraction of sp³-hybridized carbons (Fsp3) is 0.667. The van der Waals surface area contributed by atoms with Gasteiger partial charge in [0, 0.05) is 0 Å². The maximum atomic E-state index is 11.8. The molecule has 0 aliphatic carbocycles. The molecule has 0 saturated carbocycles. The van der Waals surface area contributed by atoms with Crippen LogP contribution in [0.2, 0.25) is 0 Å². The van der Waals surface area contributed by atoms with Crippen LogP contribution in [-0.2, 0) is 4.74 Å². The van der Waals surface area contributed by atoms with E-state index >= 15 is 0 Å². The molecular weight excluding hydrogens is 161 g/mol. The molecule has 0 aliphatic heterocycles. The van der Waals surface area contributed by atoms with E-state index in [0.29, 0.717) is 6.92 Å². The summed E-state index contributed by atoms with van der Waals surface area (Å²) in [5.74, 6) is 0. The molecule has 0 heterocycles. The van der Waals surface area contributed by atoms with E-state index in [0.717, 1.165) is 6.26 Å². The highest BCUT2D eigenvalue weighted by Crippen LogP contribution is 2.29. The molecule has 1 atom stereocenters. The quantitative estimate of drug-likeness (QED) is 0.649. The minimum Gasteiger partial charge on any atom is -0.498 e. The Balaban J connectivity index is 4.10. The smallest absolute Gasteiger partial charge is 0.420 e. The molecule has 5 heteroatoms. The van der Waals surface area contributed by atoms with Crippen LogP contribution in [0.5, 0.6) is 0 Å². The zero-order valence-corrected chi connectivity index (χ0v) is 5.98. The standard InChI is InChI=1S/C6H9F3O2/c1-3-11-4-5(2,10)6(7,8)9/h3,10H,1,4H2,2H3. The van der Waals surface area contributed by atoms with E-state index < -0.39 is 18.4 Å². The van der Waals surface area contributed by atoms with Gasteiger partial charge in [-0.25, -0.2) is 0 Å². The number of rotatable bonds is 3. The van der Waals surface area contributed by atoms with Crippen LogP contribution in [0.15, 0.2) is 12.8 Å². The molecule has 11 heavy (non-hydrogen) atoms. The van der Waals surface area contributed by atoms with E-state index in [1.807, 2.05) is 0 Å². The number of ether oxygens (including phenoxy) is 1. The Morgan fingerprint density at radius 3 is 2.27 bits per heavy atom. The summed E-state index contributed by atoms with van der Waals surface area (Å²) in [4.78, 5) is 0. The van der Waals surface area contributed by atoms with Crippen LogP contribution in [0.4, 0.5) is 13.2 Å².